The van der Waals surface area contributed by atoms with Crippen molar-refractivity contribution >= 4 is 0 Å². The summed E-state index contributed by atoms with van der Waals surface area (Å²) in [4.78, 5) is 9.23. The van der Waals surface area contributed by atoms with Crippen LogP contribution in [0.15, 0.2) is 83.5 Å². The number of benzene rings is 2. The van der Waals surface area contributed by atoms with Gasteiger partial charge in [-0.2, -0.15) is 5.10 Å². The Morgan fingerprint density at radius 2 is 1.71 bits per heavy atom. The van der Waals surface area contributed by atoms with Gasteiger partial charge in [0.15, 0.2) is 5.82 Å². The molecule has 0 saturated carbocycles. The van der Waals surface area contributed by atoms with Gasteiger partial charge in [0, 0.05) is 30.9 Å². The third-order valence-electron chi connectivity index (χ3n) is 5.79. The lowest BCUT2D eigenvalue weighted by molar-refractivity contribution is 0.319. The van der Waals surface area contributed by atoms with E-state index in [1.165, 1.54) is 0 Å². The minimum Gasteiger partial charge on any atom is -0.493 e. The van der Waals surface area contributed by atoms with E-state index in [-0.39, 0.29) is 5.92 Å². The van der Waals surface area contributed by atoms with Crippen LogP contribution in [-0.4, -0.2) is 31.3 Å². The van der Waals surface area contributed by atoms with Crippen LogP contribution in [0.4, 0.5) is 0 Å². The molecule has 0 aliphatic carbocycles. The zero-order valence-corrected chi connectivity index (χ0v) is 19.3. The lowest BCUT2D eigenvalue weighted by Gasteiger charge is -2.16. The largest absolute Gasteiger partial charge is 0.493 e. The fourth-order valence-corrected chi connectivity index (χ4v) is 3.98. The maximum atomic E-state index is 6.01. The SMILES string of the molecule is Cc1nc(C(Cn2cccc2)c2ccc(OCCc3nc(-c4ccccc4)oc3C)cc2)n[nH]1. The van der Waals surface area contributed by atoms with Crippen LogP contribution in [0, 0.1) is 13.8 Å². The molecule has 7 nitrogen and oxygen atoms in total. The van der Waals surface area contributed by atoms with E-state index in [1.54, 1.807) is 0 Å². The zero-order valence-electron chi connectivity index (χ0n) is 19.3. The average Bonchev–Trinajstić information content (AvgIpc) is 3.61. The van der Waals surface area contributed by atoms with Gasteiger partial charge in [-0.25, -0.2) is 9.97 Å². The van der Waals surface area contributed by atoms with E-state index in [2.05, 4.69) is 49.3 Å². The van der Waals surface area contributed by atoms with Crippen molar-refractivity contribution in [1.82, 2.24) is 24.7 Å². The quantitative estimate of drug-likeness (QED) is 0.326. The van der Waals surface area contributed by atoms with Crippen LogP contribution in [0.2, 0.25) is 0 Å². The molecule has 5 rings (SSSR count). The summed E-state index contributed by atoms with van der Waals surface area (Å²) in [5, 5.41) is 7.38. The Balaban J connectivity index is 1.24. The highest BCUT2D eigenvalue weighted by atomic mass is 16.5. The molecule has 3 aromatic heterocycles. The summed E-state index contributed by atoms with van der Waals surface area (Å²) in [6.07, 6.45) is 4.79. The second kappa shape index (κ2) is 9.79. The Labute approximate surface area is 198 Å². The monoisotopic (exact) mass is 453 g/mol. The van der Waals surface area contributed by atoms with Gasteiger partial charge in [0.2, 0.25) is 5.89 Å². The van der Waals surface area contributed by atoms with Crippen molar-refractivity contribution in [3.05, 3.63) is 108 Å². The third-order valence-corrected chi connectivity index (χ3v) is 5.79. The van der Waals surface area contributed by atoms with E-state index in [1.807, 2.05) is 68.4 Å². The van der Waals surface area contributed by atoms with E-state index in [0.29, 0.717) is 18.9 Å². The first-order valence-electron chi connectivity index (χ1n) is 11.4. The molecule has 34 heavy (non-hydrogen) atoms. The normalized spacial score (nSPS) is 12.1. The van der Waals surface area contributed by atoms with Crippen LogP contribution < -0.4 is 4.74 Å². The first-order chi connectivity index (χ1) is 16.7. The second-order valence-electron chi connectivity index (χ2n) is 8.27. The summed E-state index contributed by atoms with van der Waals surface area (Å²) in [6, 6.07) is 22.2. The van der Waals surface area contributed by atoms with Crippen molar-refractivity contribution in [3.63, 3.8) is 0 Å². The molecule has 5 aromatic rings. The Morgan fingerprint density at radius 3 is 2.41 bits per heavy atom. The minimum atomic E-state index is 0.0422. The molecule has 0 radical (unpaired) electrons. The standard InChI is InChI=1S/C27H27N5O2/c1-19-25(29-27(34-19)22-8-4-3-5-9-22)14-17-33-23-12-10-21(11-13-23)24(18-32-15-6-7-16-32)26-28-20(2)30-31-26/h3-13,15-16,24H,14,17-18H2,1-2H3,(H,28,30,31). The van der Waals surface area contributed by atoms with Crippen LogP contribution in [0.25, 0.3) is 11.5 Å². The van der Waals surface area contributed by atoms with Gasteiger partial charge in [-0.05, 0) is 55.8 Å². The Kier molecular flexibility index (Phi) is 6.25. The van der Waals surface area contributed by atoms with E-state index >= 15 is 0 Å². The fourth-order valence-electron chi connectivity index (χ4n) is 3.98. The zero-order chi connectivity index (χ0) is 23.3. The van der Waals surface area contributed by atoms with E-state index < -0.39 is 0 Å². The maximum absolute atomic E-state index is 6.01. The lowest BCUT2D eigenvalue weighted by Crippen LogP contribution is -2.11. The molecular formula is C27H27N5O2. The number of aromatic amines is 1. The Bertz CT molecular complexity index is 1320. The van der Waals surface area contributed by atoms with Gasteiger partial charge in [-0.1, -0.05) is 30.3 Å². The number of hydrogen-bond acceptors (Lipinski definition) is 5. The molecule has 0 aliphatic heterocycles. The number of aromatic nitrogens is 5. The van der Waals surface area contributed by atoms with Crippen molar-refractivity contribution < 1.29 is 9.15 Å². The number of H-pyrrole nitrogens is 1. The number of ether oxygens (including phenoxy) is 1. The number of aryl methyl sites for hydroxylation is 2. The van der Waals surface area contributed by atoms with Crippen molar-refractivity contribution in [3.8, 4) is 17.2 Å². The molecule has 0 saturated heterocycles. The van der Waals surface area contributed by atoms with Gasteiger partial charge in [0.1, 0.15) is 17.3 Å². The highest BCUT2D eigenvalue weighted by Crippen LogP contribution is 2.26. The van der Waals surface area contributed by atoms with E-state index in [4.69, 9.17) is 9.15 Å². The fraction of sp³-hybridized carbons (Fsp3) is 0.222. The number of oxazole rings is 1. The van der Waals surface area contributed by atoms with E-state index in [9.17, 15) is 0 Å². The first kappa shape index (κ1) is 21.7. The minimum absolute atomic E-state index is 0.0422. The number of nitrogens with one attached hydrogen (secondary N) is 1. The van der Waals surface area contributed by atoms with E-state index in [0.717, 1.165) is 46.5 Å². The van der Waals surface area contributed by atoms with Gasteiger partial charge >= 0.3 is 0 Å². The van der Waals surface area contributed by atoms with Crippen LogP contribution in [-0.2, 0) is 13.0 Å². The molecule has 1 atom stereocenters. The molecular weight excluding hydrogens is 426 g/mol. The van der Waals surface area contributed by atoms with Crippen molar-refractivity contribution in [2.45, 2.75) is 32.7 Å². The molecule has 0 bridgehead atoms. The molecule has 1 N–H and O–H groups in total. The van der Waals surface area contributed by atoms with Gasteiger partial charge in [-0.15, -0.1) is 0 Å². The summed E-state index contributed by atoms with van der Waals surface area (Å²) in [7, 11) is 0. The molecule has 1 unspecified atom stereocenters. The summed E-state index contributed by atoms with van der Waals surface area (Å²) in [5.41, 5.74) is 3.03. The lowest BCUT2D eigenvalue weighted by atomic mass is 9.98. The van der Waals surface area contributed by atoms with Crippen molar-refractivity contribution in [2.75, 3.05) is 6.61 Å². The highest BCUT2D eigenvalue weighted by Gasteiger charge is 2.19. The van der Waals surface area contributed by atoms with Gasteiger partial charge < -0.3 is 13.7 Å². The smallest absolute Gasteiger partial charge is 0.226 e. The van der Waals surface area contributed by atoms with Crippen LogP contribution in [0.3, 0.4) is 0 Å². The average molecular weight is 454 g/mol. The van der Waals surface area contributed by atoms with Crippen molar-refractivity contribution in [2.24, 2.45) is 0 Å². The third kappa shape index (κ3) is 4.93. The summed E-state index contributed by atoms with van der Waals surface area (Å²) < 4.78 is 14.0. The molecule has 3 heterocycles. The Morgan fingerprint density at radius 1 is 0.941 bits per heavy atom. The molecule has 0 fully saturated rings. The predicted molar refractivity (Wildman–Crippen MR) is 130 cm³/mol. The molecule has 0 amide bonds. The molecule has 0 spiro atoms. The van der Waals surface area contributed by atoms with Crippen LogP contribution in [0.1, 0.15) is 34.6 Å². The van der Waals surface area contributed by atoms with Gasteiger partial charge in [0.25, 0.3) is 0 Å². The predicted octanol–water partition coefficient (Wildman–Crippen LogP) is 5.33. The maximum Gasteiger partial charge on any atom is 0.226 e. The molecule has 2 aromatic carbocycles. The topological polar surface area (TPSA) is 81.8 Å². The molecule has 0 aliphatic rings. The molecule has 7 heteroatoms. The first-order valence-corrected chi connectivity index (χ1v) is 11.4. The summed E-state index contributed by atoms with van der Waals surface area (Å²) in [6.45, 7) is 5.15. The Hall–Kier alpha value is -4.13. The summed E-state index contributed by atoms with van der Waals surface area (Å²) >= 11 is 0. The van der Waals surface area contributed by atoms with Crippen molar-refractivity contribution in [1.29, 1.82) is 0 Å². The summed E-state index contributed by atoms with van der Waals surface area (Å²) in [5.74, 6) is 3.93. The number of rotatable bonds is 9. The number of hydrogen-bond donors (Lipinski definition) is 1. The number of nitrogens with zero attached hydrogens (tertiary/aromatic N) is 4. The van der Waals surface area contributed by atoms with Crippen LogP contribution >= 0.6 is 0 Å². The van der Waals surface area contributed by atoms with Gasteiger partial charge in [-0.3, -0.25) is 5.10 Å². The molecule has 172 valence electrons. The highest BCUT2D eigenvalue weighted by molar-refractivity contribution is 5.53. The van der Waals surface area contributed by atoms with Crippen LogP contribution in [0.5, 0.6) is 5.75 Å². The van der Waals surface area contributed by atoms with Gasteiger partial charge in [0.05, 0.1) is 18.2 Å². The second-order valence-corrected chi connectivity index (χ2v) is 8.27.